The zero-order valence-corrected chi connectivity index (χ0v) is 17.4. The van der Waals surface area contributed by atoms with Crippen LogP contribution < -0.4 is 15.3 Å². The zero-order chi connectivity index (χ0) is 20.9. The van der Waals surface area contributed by atoms with Gasteiger partial charge in [-0.3, -0.25) is 4.79 Å². The van der Waals surface area contributed by atoms with Gasteiger partial charge in [0.25, 0.3) is 0 Å². The van der Waals surface area contributed by atoms with Gasteiger partial charge in [0.1, 0.15) is 16.9 Å². The van der Waals surface area contributed by atoms with E-state index in [2.05, 4.69) is 32.7 Å². The fourth-order valence-corrected chi connectivity index (χ4v) is 4.26. The van der Waals surface area contributed by atoms with Gasteiger partial charge in [0.15, 0.2) is 0 Å². The summed E-state index contributed by atoms with van der Waals surface area (Å²) >= 11 is 0. The van der Waals surface area contributed by atoms with Crippen molar-refractivity contribution in [2.24, 2.45) is 0 Å². The number of hydrogen-bond acceptors (Lipinski definition) is 5. The van der Waals surface area contributed by atoms with Gasteiger partial charge in [0.2, 0.25) is 5.78 Å². The van der Waals surface area contributed by atoms with E-state index in [4.69, 9.17) is 9.15 Å². The quantitative estimate of drug-likeness (QED) is 0.476. The molecule has 0 amide bonds. The number of anilines is 1. The lowest BCUT2D eigenvalue weighted by Crippen LogP contribution is -2.45. The summed E-state index contributed by atoms with van der Waals surface area (Å²) in [4.78, 5) is 27.8. The topological polar surface area (TPSA) is 59.8 Å². The number of carbonyl (C=O) groups is 1. The van der Waals surface area contributed by atoms with E-state index < -0.39 is 5.63 Å². The molecule has 29 heavy (non-hydrogen) atoms. The van der Waals surface area contributed by atoms with Crippen LogP contribution in [0.4, 0.5) is 5.69 Å². The summed E-state index contributed by atoms with van der Waals surface area (Å²) in [5.41, 5.74) is 2.57. The summed E-state index contributed by atoms with van der Waals surface area (Å²) in [6.07, 6.45) is 1.02. The maximum Gasteiger partial charge on any atom is 0.347 e. The molecule has 0 radical (unpaired) electrons. The third-order valence-corrected chi connectivity index (χ3v) is 6.06. The Bertz CT molecular complexity index is 1180. The molecule has 0 spiro atoms. The first-order valence-electron chi connectivity index (χ1n) is 9.75. The van der Waals surface area contributed by atoms with E-state index in [1.807, 2.05) is 12.1 Å². The average molecular weight is 391 g/mol. The van der Waals surface area contributed by atoms with E-state index in [0.717, 1.165) is 17.5 Å². The SMILES string of the molecule is COc1cccc(C(=O)c2cc3cc4c(cc3oc2=O)N(C)C(C)(C)C[C@@H]4C)c1. The van der Waals surface area contributed by atoms with Gasteiger partial charge in [-0.15, -0.1) is 0 Å². The second kappa shape index (κ2) is 6.76. The normalized spacial score (nSPS) is 17.8. The second-order valence-corrected chi connectivity index (χ2v) is 8.43. The second-order valence-electron chi connectivity index (χ2n) is 8.43. The number of carbonyl (C=O) groups excluding carboxylic acids is 1. The van der Waals surface area contributed by atoms with Gasteiger partial charge in [-0.25, -0.2) is 4.79 Å². The van der Waals surface area contributed by atoms with Crippen LogP contribution in [0.5, 0.6) is 5.75 Å². The Hall–Kier alpha value is -3.08. The molecule has 2 heterocycles. The first kappa shape index (κ1) is 19.2. The molecule has 0 N–H and O–H groups in total. The van der Waals surface area contributed by atoms with E-state index in [1.54, 1.807) is 30.3 Å². The Morgan fingerprint density at radius 2 is 1.97 bits per heavy atom. The van der Waals surface area contributed by atoms with Crippen LogP contribution in [0.3, 0.4) is 0 Å². The lowest BCUT2D eigenvalue weighted by atomic mass is 9.80. The molecule has 1 aliphatic rings. The van der Waals surface area contributed by atoms with Gasteiger partial charge in [0, 0.05) is 35.3 Å². The lowest BCUT2D eigenvalue weighted by molar-refractivity contribution is 0.103. The molecule has 0 saturated carbocycles. The van der Waals surface area contributed by atoms with Crippen molar-refractivity contribution in [1.82, 2.24) is 0 Å². The molecule has 4 rings (SSSR count). The third kappa shape index (κ3) is 3.20. The molecule has 1 atom stereocenters. The molecule has 1 aliphatic heterocycles. The molecule has 0 unspecified atom stereocenters. The molecular formula is C24H25NO4. The standard InChI is InChI=1S/C24H25NO4/c1-14-13-24(2,3)25(4)20-12-21-16(10-18(14)20)11-19(23(27)29-21)22(26)15-7-6-8-17(9-15)28-5/h6-12,14H,13H2,1-5H3/t14-/m0/s1. The van der Waals surface area contributed by atoms with Crippen molar-refractivity contribution < 1.29 is 13.9 Å². The van der Waals surface area contributed by atoms with Crippen molar-refractivity contribution in [2.45, 2.75) is 38.6 Å². The molecule has 3 aromatic rings. The summed E-state index contributed by atoms with van der Waals surface area (Å²) in [5, 5.41) is 0.759. The monoisotopic (exact) mass is 391 g/mol. The summed E-state index contributed by atoms with van der Waals surface area (Å²) in [6.45, 7) is 6.63. The van der Waals surface area contributed by atoms with Crippen molar-refractivity contribution in [3.63, 3.8) is 0 Å². The van der Waals surface area contributed by atoms with Crippen LogP contribution in [0.2, 0.25) is 0 Å². The van der Waals surface area contributed by atoms with E-state index in [9.17, 15) is 9.59 Å². The number of hydrogen-bond donors (Lipinski definition) is 0. The molecule has 2 aromatic carbocycles. The Morgan fingerprint density at radius 1 is 1.21 bits per heavy atom. The third-order valence-electron chi connectivity index (χ3n) is 6.06. The molecule has 5 heteroatoms. The smallest absolute Gasteiger partial charge is 0.347 e. The fraction of sp³-hybridized carbons (Fsp3) is 0.333. The number of nitrogens with zero attached hydrogens (tertiary/aromatic N) is 1. The number of fused-ring (bicyclic) bond motifs is 2. The minimum Gasteiger partial charge on any atom is -0.497 e. The molecule has 0 bridgehead atoms. The number of rotatable bonds is 3. The van der Waals surface area contributed by atoms with Gasteiger partial charge < -0.3 is 14.1 Å². The van der Waals surface area contributed by atoms with Crippen molar-refractivity contribution in [2.75, 3.05) is 19.1 Å². The largest absolute Gasteiger partial charge is 0.497 e. The van der Waals surface area contributed by atoms with Crippen molar-refractivity contribution in [1.29, 1.82) is 0 Å². The molecule has 0 aliphatic carbocycles. The number of benzene rings is 2. The van der Waals surface area contributed by atoms with Crippen LogP contribution in [0, 0.1) is 0 Å². The fourth-order valence-electron chi connectivity index (χ4n) is 4.26. The number of ether oxygens (including phenoxy) is 1. The van der Waals surface area contributed by atoms with Crippen LogP contribution in [-0.4, -0.2) is 25.5 Å². The Balaban J connectivity index is 1.85. The predicted molar refractivity (Wildman–Crippen MR) is 114 cm³/mol. The maximum absolute atomic E-state index is 12.9. The van der Waals surface area contributed by atoms with Crippen LogP contribution in [-0.2, 0) is 0 Å². The molecule has 0 fully saturated rings. The lowest BCUT2D eigenvalue weighted by Gasteiger charge is -2.45. The zero-order valence-electron chi connectivity index (χ0n) is 17.4. The van der Waals surface area contributed by atoms with Gasteiger partial charge in [-0.2, -0.15) is 0 Å². The Morgan fingerprint density at radius 3 is 2.69 bits per heavy atom. The summed E-state index contributed by atoms with van der Waals surface area (Å²) in [7, 11) is 3.60. The summed E-state index contributed by atoms with van der Waals surface area (Å²) in [5.74, 6) is 0.559. The van der Waals surface area contributed by atoms with Crippen molar-refractivity contribution >= 4 is 22.4 Å². The van der Waals surface area contributed by atoms with Crippen LogP contribution in [0.1, 0.15) is 54.6 Å². The Labute approximate surface area is 169 Å². The highest BCUT2D eigenvalue weighted by Crippen LogP contribution is 2.43. The van der Waals surface area contributed by atoms with Gasteiger partial charge in [-0.05, 0) is 56.0 Å². The predicted octanol–water partition coefficient (Wildman–Crippen LogP) is 4.75. The van der Waals surface area contributed by atoms with E-state index in [1.165, 1.54) is 12.7 Å². The van der Waals surface area contributed by atoms with Crippen LogP contribution in [0.15, 0.2) is 51.7 Å². The number of ketones is 1. The molecule has 5 nitrogen and oxygen atoms in total. The first-order chi connectivity index (χ1) is 13.7. The van der Waals surface area contributed by atoms with E-state index in [-0.39, 0.29) is 16.9 Å². The highest BCUT2D eigenvalue weighted by Gasteiger charge is 2.34. The first-order valence-corrected chi connectivity index (χ1v) is 9.75. The average Bonchev–Trinajstić information content (AvgIpc) is 2.70. The van der Waals surface area contributed by atoms with Gasteiger partial charge in [-0.1, -0.05) is 19.1 Å². The summed E-state index contributed by atoms with van der Waals surface area (Å²) < 4.78 is 10.8. The van der Waals surface area contributed by atoms with Gasteiger partial charge >= 0.3 is 5.63 Å². The molecular weight excluding hydrogens is 366 g/mol. The van der Waals surface area contributed by atoms with E-state index >= 15 is 0 Å². The van der Waals surface area contributed by atoms with Crippen LogP contribution in [0.25, 0.3) is 11.0 Å². The highest BCUT2D eigenvalue weighted by atomic mass is 16.5. The minimum atomic E-state index is -0.629. The maximum atomic E-state index is 12.9. The van der Waals surface area contributed by atoms with Crippen molar-refractivity contribution in [3.05, 3.63) is 69.6 Å². The molecule has 150 valence electrons. The highest BCUT2D eigenvalue weighted by molar-refractivity contribution is 6.10. The van der Waals surface area contributed by atoms with Crippen LogP contribution >= 0.6 is 0 Å². The molecule has 1 aromatic heterocycles. The molecule has 0 saturated heterocycles. The number of methoxy groups -OCH3 is 1. The Kier molecular flexibility index (Phi) is 4.49. The minimum absolute atomic E-state index is 0.0165. The summed E-state index contributed by atoms with van der Waals surface area (Å²) in [6, 6.07) is 12.4. The van der Waals surface area contributed by atoms with Crippen molar-refractivity contribution in [3.8, 4) is 5.75 Å². The van der Waals surface area contributed by atoms with Gasteiger partial charge in [0.05, 0.1) is 7.11 Å². The van der Waals surface area contributed by atoms with E-state index in [0.29, 0.717) is 22.8 Å².